The van der Waals surface area contributed by atoms with Gasteiger partial charge in [-0.15, -0.1) is 0 Å². The first-order valence-corrected chi connectivity index (χ1v) is 9.90. The van der Waals surface area contributed by atoms with Gasteiger partial charge in [0.15, 0.2) is 5.75 Å². The maximum atomic E-state index is 12.5. The van der Waals surface area contributed by atoms with Gasteiger partial charge in [-0.2, -0.15) is 13.5 Å². The smallest absolute Gasteiger partial charge is 0.339 e. The van der Waals surface area contributed by atoms with Crippen molar-refractivity contribution < 1.29 is 17.5 Å². The van der Waals surface area contributed by atoms with Crippen molar-refractivity contribution in [2.24, 2.45) is 5.10 Å². The SMILES string of the molecule is Cc1ccc(S(=O)(=O)Oc2ccccc2/C=N\Nc2ccc([N+](=O)[O-])cc2)cc1. The Morgan fingerprint density at radius 2 is 1.66 bits per heavy atom. The van der Waals surface area contributed by atoms with Gasteiger partial charge >= 0.3 is 10.1 Å². The third-order valence-corrected chi connectivity index (χ3v) is 5.15. The van der Waals surface area contributed by atoms with Crippen LogP contribution < -0.4 is 9.61 Å². The number of hydrogen-bond acceptors (Lipinski definition) is 7. The Hall–Kier alpha value is -3.72. The van der Waals surface area contributed by atoms with E-state index in [2.05, 4.69) is 10.5 Å². The molecule has 148 valence electrons. The average Bonchev–Trinajstić information content (AvgIpc) is 2.70. The Morgan fingerprint density at radius 1 is 1.00 bits per heavy atom. The summed E-state index contributed by atoms with van der Waals surface area (Å²) in [6, 6.07) is 18.6. The largest absolute Gasteiger partial charge is 0.378 e. The minimum Gasteiger partial charge on any atom is -0.378 e. The fourth-order valence-corrected chi connectivity index (χ4v) is 3.32. The van der Waals surface area contributed by atoms with E-state index < -0.39 is 15.0 Å². The summed E-state index contributed by atoms with van der Waals surface area (Å²) in [6.07, 6.45) is 1.40. The van der Waals surface area contributed by atoms with Crippen molar-refractivity contribution in [1.82, 2.24) is 0 Å². The summed E-state index contributed by atoms with van der Waals surface area (Å²) in [6.45, 7) is 1.86. The highest BCUT2D eigenvalue weighted by molar-refractivity contribution is 7.87. The predicted octanol–water partition coefficient (Wildman–Crippen LogP) is 4.12. The highest BCUT2D eigenvalue weighted by Gasteiger charge is 2.17. The maximum absolute atomic E-state index is 12.5. The summed E-state index contributed by atoms with van der Waals surface area (Å²) < 4.78 is 30.3. The van der Waals surface area contributed by atoms with Crippen LogP contribution in [0.5, 0.6) is 5.75 Å². The predicted molar refractivity (Wildman–Crippen MR) is 110 cm³/mol. The first-order valence-electron chi connectivity index (χ1n) is 8.49. The van der Waals surface area contributed by atoms with Gasteiger partial charge in [-0.25, -0.2) is 0 Å². The summed E-state index contributed by atoms with van der Waals surface area (Å²) >= 11 is 0. The van der Waals surface area contributed by atoms with Crippen LogP contribution in [0.1, 0.15) is 11.1 Å². The van der Waals surface area contributed by atoms with Crippen molar-refractivity contribution in [1.29, 1.82) is 0 Å². The lowest BCUT2D eigenvalue weighted by molar-refractivity contribution is -0.384. The third-order valence-electron chi connectivity index (χ3n) is 3.90. The van der Waals surface area contributed by atoms with E-state index in [-0.39, 0.29) is 16.3 Å². The van der Waals surface area contributed by atoms with Gasteiger partial charge in [-0.05, 0) is 43.3 Å². The van der Waals surface area contributed by atoms with Crippen LogP contribution in [0.15, 0.2) is 82.8 Å². The molecule has 0 saturated heterocycles. The molecule has 0 heterocycles. The lowest BCUT2D eigenvalue weighted by atomic mass is 10.2. The van der Waals surface area contributed by atoms with Crippen LogP contribution in [0, 0.1) is 17.0 Å². The molecule has 0 saturated carbocycles. The maximum Gasteiger partial charge on any atom is 0.339 e. The van der Waals surface area contributed by atoms with Gasteiger partial charge in [0.1, 0.15) is 4.90 Å². The molecule has 0 spiro atoms. The first-order chi connectivity index (χ1) is 13.8. The van der Waals surface area contributed by atoms with E-state index in [1.54, 1.807) is 30.3 Å². The van der Waals surface area contributed by atoms with Crippen LogP contribution in [0.4, 0.5) is 11.4 Å². The molecule has 0 aliphatic heterocycles. The van der Waals surface area contributed by atoms with E-state index in [9.17, 15) is 18.5 Å². The van der Waals surface area contributed by atoms with Crippen molar-refractivity contribution in [3.8, 4) is 5.75 Å². The second kappa shape index (κ2) is 8.53. The fourth-order valence-electron chi connectivity index (χ4n) is 2.37. The van der Waals surface area contributed by atoms with Crippen molar-refractivity contribution in [3.63, 3.8) is 0 Å². The van der Waals surface area contributed by atoms with Crippen molar-refractivity contribution in [3.05, 3.63) is 94.0 Å². The van der Waals surface area contributed by atoms with Gasteiger partial charge in [0.2, 0.25) is 0 Å². The van der Waals surface area contributed by atoms with Crippen molar-refractivity contribution >= 4 is 27.7 Å². The lowest BCUT2D eigenvalue weighted by Gasteiger charge is -2.09. The van der Waals surface area contributed by atoms with Gasteiger partial charge in [0, 0.05) is 17.7 Å². The average molecular weight is 411 g/mol. The molecule has 3 aromatic rings. The minimum absolute atomic E-state index is 0.0282. The van der Waals surface area contributed by atoms with Gasteiger partial charge in [0.05, 0.1) is 16.8 Å². The first kappa shape index (κ1) is 20.0. The number of nitrogens with one attached hydrogen (secondary N) is 1. The molecule has 0 bridgehead atoms. The molecular weight excluding hydrogens is 394 g/mol. The topological polar surface area (TPSA) is 111 Å². The molecule has 8 nitrogen and oxygen atoms in total. The highest BCUT2D eigenvalue weighted by atomic mass is 32.2. The number of nitro groups is 1. The third kappa shape index (κ3) is 5.17. The molecule has 1 N–H and O–H groups in total. The molecule has 0 amide bonds. The van der Waals surface area contributed by atoms with Crippen LogP contribution in [0.3, 0.4) is 0 Å². The molecule has 3 aromatic carbocycles. The van der Waals surface area contributed by atoms with Gasteiger partial charge in [-0.1, -0.05) is 29.8 Å². The van der Waals surface area contributed by atoms with E-state index in [1.165, 1.54) is 48.7 Å². The number of para-hydroxylation sites is 1. The van der Waals surface area contributed by atoms with Gasteiger partial charge in [0.25, 0.3) is 5.69 Å². The summed E-state index contributed by atoms with van der Waals surface area (Å²) in [5.74, 6) is 0.127. The molecular formula is C20H17N3O5S. The number of hydrogen-bond donors (Lipinski definition) is 1. The number of non-ortho nitro benzene ring substituents is 1. The monoisotopic (exact) mass is 411 g/mol. The van der Waals surface area contributed by atoms with Crippen molar-refractivity contribution in [2.45, 2.75) is 11.8 Å². The molecule has 29 heavy (non-hydrogen) atoms. The zero-order valence-electron chi connectivity index (χ0n) is 15.3. The van der Waals surface area contributed by atoms with Crippen LogP contribution in [0.25, 0.3) is 0 Å². The fraction of sp³-hybridized carbons (Fsp3) is 0.0500. The lowest BCUT2D eigenvalue weighted by Crippen LogP contribution is -2.11. The van der Waals surface area contributed by atoms with E-state index in [0.717, 1.165) is 5.56 Å². The number of nitro benzene ring substituents is 1. The zero-order valence-corrected chi connectivity index (χ0v) is 16.2. The molecule has 0 aromatic heterocycles. The molecule has 0 aliphatic rings. The second-order valence-electron chi connectivity index (χ2n) is 6.06. The Bertz CT molecular complexity index is 1140. The van der Waals surface area contributed by atoms with E-state index in [0.29, 0.717) is 11.3 Å². The number of anilines is 1. The standard InChI is InChI=1S/C20H17N3O5S/c1-15-6-12-19(13-7-15)29(26,27)28-20-5-3-2-4-16(20)14-21-22-17-8-10-18(11-9-17)23(24)25/h2-14,22H,1H3/b21-14-. The summed E-state index contributed by atoms with van der Waals surface area (Å²) in [7, 11) is -3.99. The Kier molecular flexibility index (Phi) is 5.89. The number of nitrogens with zero attached hydrogens (tertiary/aromatic N) is 2. The number of aryl methyl sites for hydroxylation is 1. The number of hydrazone groups is 1. The molecule has 0 fully saturated rings. The summed E-state index contributed by atoms with van der Waals surface area (Å²) in [5, 5.41) is 14.7. The summed E-state index contributed by atoms with van der Waals surface area (Å²) in [4.78, 5) is 10.2. The van der Waals surface area contributed by atoms with E-state index in [4.69, 9.17) is 4.18 Å². The quantitative estimate of drug-likeness (QED) is 0.271. The van der Waals surface area contributed by atoms with Gasteiger partial charge in [-0.3, -0.25) is 15.5 Å². The Morgan fingerprint density at radius 3 is 2.31 bits per heavy atom. The normalized spacial score (nSPS) is 11.3. The molecule has 9 heteroatoms. The van der Waals surface area contributed by atoms with Crippen LogP contribution in [0.2, 0.25) is 0 Å². The molecule has 0 radical (unpaired) electrons. The van der Waals surface area contributed by atoms with E-state index in [1.807, 2.05) is 6.92 Å². The molecule has 0 aliphatic carbocycles. The highest BCUT2D eigenvalue weighted by Crippen LogP contribution is 2.22. The van der Waals surface area contributed by atoms with Gasteiger partial charge < -0.3 is 4.18 Å². The minimum atomic E-state index is -3.99. The number of rotatable bonds is 7. The Balaban J connectivity index is 1.75. The molecule has 3 rings (SSSR count). The van der Waals surface area contributed by atoms with Crippen LogP contribution in [-0.4, -0.2) is 19.6 Å². The number of benzene rings is 3. The van der Waals surface area contributed by atoms with Crippen LogP contribution in [-0.2, 0) is 10.1 Å². The molecule has 0 atom stereocenters. The van der Waals surface area contributed by atoms with Crippen LogP contribution >= 0.6 is 0 Å². The Labute approximate surface area is 167 Å². The summed E-state index contributed by atoms with van der Waals surface area (Å²) in [5.41, 5.74) is 4.62. The zero-order chi connectivity index (χ0) is 20.9. The molecule has 0 unspecified atom stereocenters. The van der Waals surface area contributed by atoms with Crippen molar-refractivity contribution in [2.75, 3.05) is 5.43 Å². The second-order valence-corrected chi connectivity index (χ2v) is 7.61. The van der Waals surface area contributed by atoms with E-state index >= 15 is 0 Å².